The first-order valence-corrected chi connectivity index (χ1v) is 4.83. The predicted octanol–water partition coefficient (Wildman–Crippen LogP) is 0.539. The minimum absolute atomic E-state index is 0.116. The van der Waals surface area contributed by atoms with Gasteiger partial charge in [-0.15, -0.1) is 10.2 Å². The maximum absolute atomic E-state index is 10.3. The third-order valence-corrected chi connectivity index (χ3v) is 1.92. The number of nitrogens with zero attached hydrogens (tertiary/aromatic N) is 3. The van der Waals surface area contributed by atoms with Gasteiger partial charge in [0.05, 0.1) is 13.0 Å². The summed E-state index contributed by atoms with van der Waals surface area (Å²) >= 11 is 0. The second kappa shape index (κ2) is 5.45. The van der Waals surface area contributed by atoms with E-state index in [1.54, 1.807) is 0 Å². The van der Waals surface area contributed by atoms with Crippen LogP contribution in [0.2, 0.25) is 0 Å². The number of hydrogen-bond acceptors (Lipinski definition) is 5. The van der Waals surface area contributed by atoms with E-state index in [0.717, 1.165) is 0 Å². The summed E-state index contributed by atoms with van der Waals surface area (Å²) in [4.78, 5) is 12.2. The van der Waals surface area contributed by atoms with Crippen molar-refractivity contribution in [2.24, 2.45) is 0 Å². The van der Waals surface area contributed by atoms with E-state index in [2.05, 4.69) is 10.2 Å². The lowest BCUT2D eigenvalue weighted by atomic mass is 10.4. The van der Waals surface area contributed by atoms with Crippen LogP contribution >= 0.6 is 0 Å². The number of carboxylic acids is 1. The van der Waals surface area contributed by atoms with Gasteiger partial charge in [-0.1, -0.05) is 6.92 Å². The van der Waals surface area contributed by atoms with Gasteiger partial charge >= 0.3 is 5.97 Å². The van der Waals surface area contributed by atoms with E-state index >= 15 is 0 Å². The summed E-state index contributed by atoms with van der Waals surface area (Å²) in [5.74, 6) is 0.331. The van der Waals surface area contributed by atoms with Gasteiger partial charge < -0.3 is 9.52 Å². The van der Waals surface area contributed by atoms with Gasteiger partial charge in [0.1, 0.15) is 0 Å². The number of rotatable bonds is 6. The third kappa shape index (κ3) is 4.07. The third-order valence-electron chi connectivity index (χ3n) is 1.92. The largest absolute Gasteiger partial charge is 0.481 e. The zero-order valence-corrected chi connectivity index (χ0v) is 8.93. The quantitative estimate of drug-likeness (QED) is 0.742. The van der Waals surface area contributed by atoms with Crippen LogP contribution in [-0.4, -0.2) is 39.8 Å². The molecule has 1 rings (SSSR count). The molecule has 0 radical (unpaired) electrons. The Bertz CT molecular complexity index is 324. The van der Waals surface area contributed by atoms with E-state index in [-0.39, 0.29) is 6.42 Å². The van der Waals surface area contributed by atoms with Gasteiger partial charge in [0.2, 0.25) is 11.8 Å². The molecule has 0 atom stereocenters. The van der Waals surface area contributed by atoms with Crippen molar-refractivity contribution in [3.63, 3.8) is 0 Å². The van der Waals surface area contributed by atoms with E-state index in [9.17, 15) is 4.79 Å². The standard InChI is InChI=1S/C9H15N3O3/c1-3-7-10-11-8(15-7)6-12(2)5-4-9(13)14/h3-6H2,1-2H3,(H,13,14). The fourth-order valence-electron chi connectivity index (χ4n) is 1.09. The van der Waals surface area contributed by atoms with E-state index in [1.807, 2.05) is 18.9 Å². The molecule has 0 aromatic carbocycles. The van der Waals surface area contributed by atoms with Gasteiger partial charge in [-0.25, -0.2) is 0 Å². The van der Waals surface area contributed by atoms with Crippen molar-refractivity contribution in [3.05, 3.63) is 11.8 Å². The van der Waals surface area contributed by atoms with E-state index < -0.39 is 5.97 Å². The van der Waals surface area contributed by atoms with Crippen LogP contribution in [0.15, 0.2) is 4.42 Å². The summed E-state index contributed by atoms with van der Waals surface area (Å²) in [7, 11) is 1.82. The summed E-state index contributed by atoms with van der Waals surface area (Å²) in [5, 5.41) is 16.2. The number of aryl methyl sites for hydroxylation is 1. The van der Waals surface area contributed by atoms with E-state index in [0.29, 0.717) is 31.3 Å². The van der Waals surface area contributed by atoms with Crippen LogP contribution in [0, 0.1) is 0 Å². The second-order valence-corrected chi connectivity index (χ2v) is 3.32. The molecule has 0 saturated heterocycles. The Kier molecular flexibility index (Phi) is 4.23. The van der Waals surface area contributed by atoms with Crippen molar-refractivity contribution >= 4 is 5.97 Å². The monoisotopic (exact) mass is 213 g/mol. The van der Waals surface area contributed by atoms with Crippen molar-refractivity contribution in [3.8, 4) is 0 Å². The molecule has 0 aliphatic carbocycles. The first-order valence-electron chi connectivity index (χ1n) is 4.83. The highest BCUT2D eigenvalue weighted by molar-refractivity contribution is 5.66. The molecular weight excluding hydrogens is 198 g/mol. The molecule has 1 N–H and O–H groups in total. The Morgan fingerprint density at radius 2 is 2.13 bits per heavy atom. The van der Waals surface area contributed by atoms with Crippen molar-refractivity contribution < 1.29 is 14.3 Å². The van der Waals surface area contributed by atoms with Crippen molar-refractivity contribution in [1.29, 1.82) is 0 Å². The molecule has 1 aromatic rings. The molecule has 1 heterocycles. The van der Waals surface area contributed by atoms with Gasteiger partial charge in [0.25, 0.3) is 0 Å². The molecule has 0 amide bonds. The highest BCUT2D eigenvalue weighted by atomic mass is 16.4. The zero-order chi connectivity index (χ0) is 11.3. The Morgan fingerprint density at radius 1 is 1.47 bits per heavy atom. The van der Waals surface area contributed by atoms with Crippen LogP contribution in [0.25, 0.3) is 0 Å². The summed E-state index contributed by atoms with van der Waals surface area (Å²) < 4.78 is 5.30. The zero-order valence-electron chi connectivity index (χ0n) is 8.93. The van der Waals surface area contributed by atoms with Gasteiger partial charge in [-0.3, -0.25) is 9.69 Å². The molecule has 0 fully saturated rings. The normalized spacial score (nSPS) is 10.9. The smallest absolute Gasteiger partial charge is 0.304 e. The van der Waals surface area contributed by atoms with Crippen LogP contribution in [0.4, 0.5) is 0 Å². The molecule has 6 nitrogen and oxygen atoms in total. The number of carbonyl (C=O) groups is 1. The fourth-order valence-corrected chi connectivity index (χ4v) is 1.09. The average Bonchev–Trinajstić information content (AvgIpc) is 2.62. The van der Waals surface area contributed by atoms with Gasteiger partial charge in [0.15, 0.2) is 0 Å². The first kappa shape index (κ1) is 11.6. The van der Waals surface area contributed by atoms with Crippen molar-refractivity contribution in [2.75, 3.05) is 13.6 Å². The van der Waals surface area contributed by atoms with Crippen LogP contribution in [0.5, 0.6) is 0 Å². The molecular formula is C9H15N3O3. The highest BCUT2D eigenvalue weighted by Crippen LogP contribution is 2.03. The molecule has 6 heteroatoms. The SMILES string of the molecule is CCc1nnc(CN(C)CCC(=O)O)o1. The Morgan fingerprint density at radius 3 is 2.67 bits per heavy atom. The van der Waals surface area contributed by atoms with Gasteiger partial charge in [-0.2, -0.15) is 0 Å². The Labute approximate surface area is 87.9 Å². The van der Waals surface area contributed by atoms with Crippen LogP contribution < -0.4 is 0 Å². The maximum atomic E-state index is 10.3. The second-order valence-electron chi connectivity index (χ2n) is 3.32. The minimum atomic E-state index is -0.804. The summed E-state index contributed by atoms with van der Waals surface area (Å²) in [6, 6.07) is 0. The summed E-state index contributed by atoms with van der Waals surface area (Å²) in [6.45, 7) is 2.89. The predicted molar refractivity (Wildman–Crippen MR) is 52.3 cm³/mol. The molecule has 0 saturated carbocycles. The van der Waals surface area contributed by atoms with Crippen LogP contribution in [0.1, 0.15) is 25.1 Å². The lowest BCUT2D eigenvalue weighted by Gasteiger charge is -2.11. The average molecular weight is 213 g/mol. The fraction of sp³-hybridized carbons (Fsp3) is 0.667. The minimum Gasteiger partial charge on any atom is -0.481 e. The lowest BCUT2D eigenvalue weighted by Crippen LogP contribution is -2.21. The summed E-state index contributed by atoms with van der Waals surface area (Å²) in [6.07, 6.45) is 0.830. The summed E-state index contributed by atoms with van der Waals surface area (Å²) in [5.41, 5.74) is 0. The van der Waals surface area contributed by atoms with Crippen molar-refractivity contribution in [1.82, 2.24) is 15.1 Å². The first-order chi connectivity index (χ1) is 7.11. The molecule has 15 heavy (non-hydrogen) atoms. The number of hydrogen-bond donors (Lipinski definition) is 1. The molecule has 0 aliphatic rings. The topological polar surface area (TPSA) is 79.5 Å². The molecule has 1 aromatic heterocycles. The molecule has 0 aliphatic heterocycles. The highest BCUT2D eigenvalue weighted by Gasteiger charge is 2.08. The molecule has 0 bridgehead atoms. The number of carboxylic acid groups (broad SMARTS) is 1. The molecule has 84 valence electrons. The number of aromatic nitrogens is 2. The molecule has 0 spiro atoms. The van der Waals surface area contributed by atoms with Crippen LogP contribution in [-0.2, 0) is 17.8 Å². The maximum Gasteiger partial charge on any atom is 0.304 e. The van der Waals surface area contributed by atoms with E-state index in [1.165, 1.54) is 0 Å². The van der Waals surface area contributed by atoms with Gasteiger partial charge in [-0.05, 0) is 7.05 Å². The lowest BCUT2D eigenvalue weighted by molar-refractivity contribution is -0.137. The van der Waals surface area contributed by atoms with Gasteiger partial charge in [0, 0.05) is 13.0 Å². The van der Waals surface area contributed by atoms with Crippen LogP contribution in [0.3, 0.4) is 0 Å². The number of aliphatic carboxylic acids is 1. The van der Waals surface area contributed by atoms with Crippen molar-refractivity contribution in [2.45, 2.75) is 26.3 Å². The Hall–Kier alpha value is -1.43. The Balaban J connectivity index is 2.36. The van der Waals surface area contributed by atoms with E-state index in [4.69, 9.17) is 9.52 Å². The molecule has 0 unspecified atom stereocenters.